The Hall–Kier alpha value is -5.50. The van der Waals surface area contributed by atoms with Crippen LogP contribution < -0.4 is 10.5 Å². The number of anilines is 1. The molecule has 0 bridgehead atoms. The van der Waals surface area contributed by atoms with E-state index in [0.29, 0.717) is 34.9 Å². The number of nitrogen functional groups attached to an aromatic ring is 1. The third kappa shape index (κ3) is 4.67. The number of nitrogens with two attached hydrogens (primary N) is 1. The number of aromatic hydroxyl groups is 1. The van der Waals surface area contributed by atoms with Gasteiger partial charge in [-0.15, -0.1) is 0 Å². The van der Waals surface area contributed by atoms with Gasteiger partial charge >= 0.3 is 0 Å². The number of fused-ring (bicyclic) bond motifs is 1. The molecule has 0 aliphatic carbocycles. The van der Waals surface area contributed by atoms with Crippen LogP contribution in [0.5, 0.6) is 11.5 Å². The molecule has 0 spiro atoms. The van der Waals surface area contributed by atoms with Gasteiger partial charge in [0.05, 0.1) is 16.8 Å². The van der Waals surface area contributed by atoms with Crippen molar-refractivity contribution < 1.29 is 14.6 Å². The molecule has 3 aromatic carbocycles. The second-order valence-corrected chi connectivity index (χ2v) is 8.91. The molecular formula is C31H23N5O3. The lowest BCUT2D eigenvalue weighted by atomic mass is 10.1. The number of benzene rings is 3. The highest BCUT2D eigenvalue weighted by atomic mass is 16.5. The van der Waals surface area contributed by atoms with E-state index in [1.54, 1.807) is 12.3 Å². The van der Waals surface area contributed by atoms with E-state index < -0.39 is 0 Å². The summed E-state index contributed by atoms with van der Waals surface area (Å²) in [6.07, 6.45) is 2.25. The van der Waals surface area contributed by atoms with Gasteiger partial charge in [-0.3, -0.25) is 9.36 Å². The summed E-state index contributed by atoms with van der Waals surface area (Å²) in [5.74, 6) is 1.37. The summed E-state index contributed by atoms with van der Waals surface area (Å²) in [7, 11) is 0. The van der Waals surface area contributed by atoms with Gasteiger partial charge in [0.1, 0.15) is 29.4 Å². The Morgan fingerprint density at radius 1 is 0.897 bits per heavy atom. The lowest BCUT2D eigenvalue weighted by molar-refractivity contribution is 0.112. The molecule has 0 radical (unpaired) electrons. The maximum atomic E-state index is 10.9. The summed E-state index contributed by atoms with van der Waals surface area (Å²) in [5.41, 5.74) is 12.2. The zero-order chi connectivity index (χ0) is 26.8. The highest BCUT2D eigenvalue weighted by Crippen LogP contribution is 2.32. The molecule has 3 N–H and O–H groups in total. The molecule has 0 atom stereocenters. The summed E-state index contributed by atoms with van der Waals surface area (Å²) < 4.78 is 7.80. The minimum atomic E-state index is -0.116. The second-order valence-electron chi connectivity index (χ2n) is 8.91. The van der Waals surface area contributed by atoms with Crippen LogP contribution in [0.15, 0.2) is 103 Å². The van der Waals surface area contributed by atoms with Crippen molar-refractivity contribution in [3.05, 3.63) is 114 Å². The minimum Gasteiger partial charge on any atom is -0.507 e. The van der Waals surface area contributed by atoms with E-state index in [1.165, 1.54) is 12.1 Å². The first-order valence-corrected chi connectivity index (χ1v) is 12.3. The van der Waals surface area contributed by atoms with Crippen LogP contribution in [-0.2, 0) is 6.61 Å². The predicted octanol–water partition coefficient (Wildman–Crippen LogP) is 5.83. The number of aldehydes is 1. The maximum Gasteiger partial charge on any atom is 0.165 e. The molecule has 0 amide bonds. The molecule has 0 saturated heterocycles. The molecule has 3 heterocycles. The van der Waals surface area contributed by atoms with Gasteiger partial charge in [0.2, 0.25) is 0 Å². The fourth-order valence-electron chi connectivity index (χ4n) is 4.38. The Kier molecular flexibility index (Phi) is 6.18. The van der Waals surface area contributed by atoms with E-state index in [9.17, 15) is 9.90 Å². The molecule has 39 heavy (non-hydrogen) atoms. The second kappa shape index (κ2) is 10.1. The molecule has 0 aliphatic rings. The van der Waals surface area contributed by atoms with Crippen LogP contribution in [-0.4, -0.2) is 30.9 Å². The van der Waals surface area contributed by atoms with Crippen molar-refractivity contribution in [1.29, 1.82) is 0 Å². The molecule has 0 aliphatic heterocycles. The number of phenolic OH excluding ortho intramolecular Hbond substituents is 1. The van der Waals surface area contributed by atoms with Gasteiger partial charge in [0.25, 0.3) is 0 Å². The fourth-order valence-corrected chi connectivity index (χ4v) is 4.38. The molecule has 0 unspecified atom stereocenters. The predicted molar refractivity (Wildman–Crippen MR) is 150 cm³/mol. The van der Waals surface area contributed by atoms with Crippen molar-refractivity contribution in [2.24, 2.45) is 0 Å². The number of imidazole rings is 1. The van der Waals surface area contributed by atoms with Crippen LogP contribution >= 0.6 is 0 Å². The lowest BCUT2D eigenvalue weighted by Gasteiger charge is -2.12. The number of hydrogen-bond acceptors (Lipinski definition) is 7. The molecular weight excluding hydrogens is 490 g/mol. The van der Waals surface area contributed by atoms with E-state index >= 15 is 0 Å². The van der Waals surface area contributed by atoms with Crippen molar-refractivity contribution in [2.75, 3.05) is 5.73 Å². The third-order valence-electron chi connectivity index (χ3n) is 6.38. The van der Waals surface area contributed by atoms with Gasteiger partial charge in [0, 0.05) is 23.5 Å². The van der Waals surface area contributed by atoms with Crippen LogP contribution in [0.1, 0.15) is 15.9 Å². The highest BCUT2D eigenvalue weighted by molar-refractivity contribution is 5.84. The Balaban J connectivity index is 1.39. The summed E-state index contributed by atoms with van der Waals surface area (Å²) in [4.78, 5) is 25.1. The summed E-state index contributed by atoms with van der Waals surface area (Å²) in [6.45, 7) is 0.281. The number of ether oxygens (including phenoxy) is 1. The Bertz CT molecular complexity index is 1800. The molecule has 3 aromatic heterocycles. The van der Waals surface area contributed by atoms with Gasteiger partial charge in [-0.05, 0) is 54.1 Å². The van der Waals surface area contributed by atoms with E-state index in [1.807, 2.05) is 83.4 Å². The number of aromatic nitrogens is 4. The molecule has 6 rings (SSSR count). The number of rotatable bonds is 7. The minimum absolute atomic E-state index is 0.116. The number of carbonyl (C=O) groups is 1. The SMILES string of the molecule is Nc1ncccc1-c1nc2ccc(-c3ccccc3)nc2n1-c1ccc(COc2ccc(C=O)c(O)c2)cc1. The van der Waals surface area contributed by atoms with Crippen LogP contribution in [0, 0.1) is 0 Å². The summed E-state index contributed by atoms with van der Waals surface area (Å²) in [5, 5.41) is 9.91. The average Bonchev–Trinajstić information content (AvgIpc) is 3.35. The average molecular weight is 514 g/mol. The quantitative estimate of drug-likeness (QED) is 0.258. The molecule has 0 fully saturated rings. The topological polar surface area (TPSA) is 116 Å². The number of phenols is 1. The van der Waals surface area contributed by atoms with E-state index in [-0.39, 0.29) is 17.9 Å². The number of hydrogen-bond donors (Lipinski definition) is 2. The van der Waals surface area contributed by atoms with Gasteiger partial charge in [-0.2, -0.15) is 0 Å². The number of pyridine rings is 2. The van der Waals surface area contributed by atoms with Crippen molar-refractivity contribution in [3.63, 3.8) is 0 Å². The van der Waals surface area contributed by atoms with Crippen molar-refractivity contribution in [2.45, 2.75) is 6.61 Å². The van der Waals surface area contributed by atoms with Crippen LogP contribution in [0.4, 0.5) is 5.82 Å². The standard InChI is InChI=1S/C31H23N5O3/c32-29-25(7-4-16-33-29)30-35-27-15-14-26(21-5-2-1-3-6-21)34-31(27)36(30)23-11-8-20(9-12-23)19-39-24-13-10-22(18-37)28(38)17-24/h1-18,38H,19H2,(H2,32,33). The van der Waals surface area contributed by atoms with Gasteiger partial charge in [0.15, 0.2) is 17.8 Å². The first-order chi connectivity index (χ1) is 19.1. The summed E-state index contributed by atoms with van der Waals surface area (Å²) >= 11 is 0. The molecule has 8 heteroatoms. The fraction of sp³-hybridized carbons (Fsp3) is 0.0323. The number of nitrogens with zero attached hydrogens (tertiary/aromatic N) is 4. The van der Waals surface area contributed by atoms with Crippen LogP contribution in [0.25, 0.3) is 39.5 Å². The first-order valence-electron chi connectivity index (χ1n) is 12.3. The Morgan fingerprint density at radius 3 is 2.46 bits per heavy atom. The smallest absolute Gasteiger partial charge is 0.165 e. The normalized spacial score (nSPS) is 11.0. The summed E-state index contributed by atoms with van der Waals surface area (Å²) in [6, 6.07) is 30.1. The van der Waals surface area contributed by atoms with E-state index in [2.05, 4.69) is 4.98 Å². The lowest BCUT2D eigenvalue weighted by Crippen LogP contribution is -2.03. The van der Waals surface area contributed by atoms with Crippen LogP contribution in [0.2, 0.25) is 0 Å². The molecule has 6 aromatic rings. The van der Waals surface area contributed by atoms with Gasteiger partial charge in [-0.25, -0.2) is 15.0 Å². The van der Waals surface area contributed by atoms with Crippen molar-refractivity contribution in [3.8, 4) is 39.8 Å². The Labute approximate surface area is 224 Å². The van der Waals surface area contributed by atoms with Crippen LogP contribution in [0.3, 0.4) is 0 Å². The monoisotopic (exact) mass is 513 g/mol. The maximum absolute atomic E-state index is 10.9. The Morgan fingerprint density at radius 2 is 1.72 bits per heavy atom. The molecule has 0 saturated carbocycles. The number of carbonyl (C=O) groups excluding carboxylic acids is 1. The van der Waals surface area contributed by atoms with E-state index in [4.69, 9.17) is 20.4 Å². The highest BCUT2D eigenvalue weighted by Gasteiger charge is 2.18. The zero-order valence-electron chi connectivity index (χ0n) is 20.7. The van der Waals surface area contributed by atoms with Gasteiger partial charge < -0.3 is 15.6 Å². The molecule has 8 nitrogen and oxygen atoms in total. The third-order valence-corrected chi connectivity index (χ3v) is 6.38. The van der Waals surface area contributed by atoms with E-state index in [0.717, 1.165) is 28.0 Å². The largest absolute Gasteiger partial charge is 0.507 e. The van der Waals surface area contributed by atoms with Crippen molar-refractivity contribution in [1.82, 2.24) is 19.5 Å². The zero-order valence-corrected chi connectivity index (χ0v) is 20.7. The first kappa shape index (κ1) is 23.9. The van der Waals surface area contributed by atoms with Gasteiger partial charge in [-0.1, -0.05) is 42.5 Å². The molecule has 190 valence electrons. The van der Waals surface area contributed by atoms with Crippen molar-refractivity contribution >= 4 is 23.3 Å².